The first-order valence-electron chi connectivity index (χ1n) is 7.81. The van der Waals surface area contributed by atoms with E-state index in [9.17, 15) is 9.59 Å². The van der Waals surface area contributed by atoms with Crippen LogP contribution in [0.25, 0.3) is 10.8 Å². The van der Waals surface area contributed by atoms with E-state index < -0.39 is 11.9 Å². The zero-order valence-electron chi connectivity index (χ0n) is 13.0. The Morgan fingerprint density at radius 1 is 1.22 bits per heavy atom. The van der Waals surface area contributed by atoms with Crippen molar-refractivity contribution in [3.8, 4) is 0 Å². The van der Waals surface area contributed by atoms with Crippen LogP contribution in [0.3, 0.4) is 0 Å². The van der Waals surface area contributed by atoms with Gasteiger partial charge in [0.05, 0.1) is 12.0 Å². The highest BCUT2D eigenvalue weighted by Crippen LogP contribution is 2.21. The summed E-state index contributed by atoms with van der Waals surface area (Å²) in [6.45, 7) is 2.71. The van der Waals surface area contributed by atoms with E-state index in [1.54, 1.807) is 4.90 Å². The molecule has 3 rings (SSSR count). The van der Waals surface area contributed by atoms with Crippen LogP contribution in [0, 0.1) is 5.92 Å². The Balaban J connectivity index is 1.67. The van der Waals surface area contributed by atoms with Crippen LogP contribution in [0.5, 0.6) is 0 Å². The van der Waals surface area contributed by atoms with Crippen molar-refractivity contribution < 1.29 is 14.7 Å². The molecule has 2 amide bonds. The van der Waals surface area contributed by atoms with Crippen molar-refractivity contribution >= 4 is 22.8 Å². The van der Waals surface area contributed by atoms with E-state index in [2.05, 4.69) is 17.4 Å². The molecule has 0 spiro atoms. The highest BCUT2D eigenvalue weighted by molar-refractivity contribution is 5.83. The highest BCUT2D eigenvalue weighted by Gasteiger charge is 2.31. The number of nitrogens with one attached hydrogen (secondary N) is 1. The van der Waals surface area contributed by atoms with Crippen molar-refractivity contribution in [3.05, 3.63) is 48.0 Å². The number of carbonyl (C=O) groups is 2. The van der Waals surface area contributed by atoms with Crippen LogP contribution in [0.15, 0.2) is 42.5 Å². The quantitative estimate of drug-likeness (QED) is 0.915. The second kappa shape index (κ2) is 6.28. The van der Waals surface area contributed by atoms with Crippen molar-refractivity contribution in [2.75, 3.05) is 13.1 Å². The van der Waals surface area contributed by atoms with Gasteiger partial charge < -0.3 is 15.3 Å². The SMILES string of the molecule is CC(NC(=O)N1CCC(C(=O)O)C1)c1ccc2ccccc2c1. The third-order valence-electron chi connectivity index (χ3n) is 4.44. The first kappa shape index (κ1) is 15.3. The Morgan fingerprint density at radius 2 is 1.96 bits per heavy atom. The molecule has 1 heterocycles. The van der Waals surface area contributed by atoms with Crippen molar-refractivity contribution in [1.29, 1.82) is 0 Å². The van der Waals surface area contributed by atoms with Gasteiger partial charge in [0.15, 0.2) is 0 Å². The summed E-state index contributed by atoms with van der Waals surface area (Å²) in [6.07, 6.45) is 0.521. The predicted octanol–water partition coefficient (Wildman–Crippen LogP) is 3.02. The molecule has 0 saturated carbocycles. The summed E-state index contributed by atoms with van der Waals surface area (Å²) < 4.78 is 0. The van der Waals surface area contributed by atoms with Crippen molar-refractivity contribution in [1.82, 2.24) is 10.2 Å². The summed E-state index contributed by atoms with van der Waals surface area (Å²) in [5.74, 6) is -1.28. The lowest BCUT2D eigenvalue weighted by Gasteiger charge is -2.21. The number of carboxylic acid groups (broad SMARTS) is 1. The molecule has 2 unspecified atom stereocenters. The van der Waals surface area contributed by atoms with Crippen molar-refractivity contribution in [2.24, 2.45) is 5.92 Å². The Hall–Kier alpha value is -2.56. The number of carboxylic acids is 1. The minimum atomic E-state index is -0.831. The van der Waals surface area contributed by atoms with Gasteiger partial charge in [0.1, 0.15) is 0 Å². The molecule has 0 aliphatic carbocycles. The molecule has 2 aromatic rings. The number of hydrogen-bond donors (Lipinski definition) is 2. The number of urea groups is 1. The average Bonchev–Trinajstić information content (AvgIpc) is 3.04. The third kappa shape index (κ3) is 3.28. The smallest absolute Gasteiger partial charge is 0.317 e. The Labute approximate surface area is 134 Å². The van der Waals surface area contributed by atoms with E-state index in [1.807, 2.05) is 37.3 Å². The molecule has 1 aliphatic rings. The fraction of sp³-hybridized carbons (Fsp3) is 0.333. The maximum Gasteiger partial charge on any atom is 0.317 e. The molecule has 5 heteroatoms. The number of carbonyl (C=O) groups excluding carboxylic acids is 1. The number of fused-ring (bicyclic) bond motifs is 1. The summed E-state index contributed by atoms with van der Waals surface area (Å²) in [7, 11) is 0. The van der Waals surface area contributed by atoms with Gasteiger partial charge in [-0.2, -0.15) is 0 Å². The van der Waals surface area contributed by atoms with Crippen LogP contribution in [0.4, 0.5) is 4.79 Å². The number of hydrogen-bond acceptors (Lipinski definition) is 2. The van der Waals surface area contributed by atoms with Gasteiger partial charge in [-0.05, 0) is 35.7 Å². The minimum Gasteiger partial charge on any atom is -0.481 e. The topological polar surface area (TPSA) is 69.6 Å². The lowest BCUT2D eigenvalue weighted by atomic mass is 10.0. The Bertz CT molecular complexity index is 744. The largest absolute Gasteiger partial charge is 0.481 e. The third-order valence-corrected chi connectivity index (χ3v) is 4.44. The molecule has 1 aliphatic heterocycles. The molecular formula is C18H20N2O3. The number of benzene rings is 2. The van der Waals surface area contributed by atoms with Gasteiger partial charge in [0, 0.05) is 13.1 Å². The molecule has 2 N–H and O–H groups in total. The van der Waals surface area contributed by atoms with Gasteiger partial charge in [0.25, 0.3) is 0 Å². The molecule has 0 radical (unpaired) electrons. The molecule has 120 valence electrons. The molecule has 0 aromatic heterocycles. The fourth-order valence-electron chi connectivity index (χ4n) is 2.98. The molecule has 2 atom stereocenters. The van der Waals surface area contributed by atoms with E-state index in [0.29, 0.717) is 13.0 Å². The van der Waals surface area contributed by atoms with E-state index >= 15 is 0 Å². The first-order valence-corrected chi connectivity index (χ1v) is 7.81. The summed E-state index contributed by atoms with van der Waals surface area (Å²) >= 11 is 0. The second-order valence-corrected chi connectivity index (χ2v) is 6.05. The van der Waals surface area contributed by atoms with E-state index in [-0.39, 0.29) is 18.6 Å². The summed E-state index contributed by atoms with van der Waals surface area (Å²) in [6, 6.07) is 13.9. The molecular weight excluding hydrogens is 292 g/mol. The molecule has 1 saturated heterocycles. The highest BCUT2D eigenvalue weighted by atomic mass is 16.4. The summed E-state index contributed by atoms with van der Waals surface area (Å²) in [5.41, 5.74) is 1.03. The van der Waals surface area contributed by atoms with Crippen LogP contribution in [0.1, 0.15) is 24.9 Å². The fourth-order valence-corrected chi connectivity index (χ4v) is 2.98. The second-order valence-electron chi connectivity index (χ2n) is 6.05. The number of amides is 2. The van der Waals surface area contributed by atoms with Gasteiger partial charge in [-0.3, -0.25) is 4.79 Å². The van der Waals surface area contributed by atoms with Gasteiger partial charge in [-0.15, -0.1) is 0 Å². The van der Waals surface area contributed by atoms with Gasteiger partial charge in [0.2, 0.25) is 0 Å². The van der Waals surface area contributed by atoms with Crippen molar-refractivity contribution in [2.45, 2.75) is 19.4 Å². The number of nitrogens with zero attached hydrogens (tertiary/aromatic N) is 1. The Morgan fingerprint density at radius 3 is 2.65 bits per heavy atom. The standard InChI is InChI=1S/C18H20N2O3/c1-12(14-7-6-13-4-2-3-5-15(13)10-14)19-18(23)20-9-8-16(11-20)17(21)22/h2-7,10,12,16H,8-9,11H2,1H3,(H,19,23)(H,21,22). The minimum absolute atomic E-state index is 0.129. The number of likely N-dealkylation sites (tertiary alicyclic amines) is 1. The van der Waals surface area contributed by atoms with Gasteiger partial charge >= 0.3 is 12.0 Å². The van der Waals surface area contributed by atoms with Crippen LogP contribution in [-0.4, -0.2) is 35.1 Å². The van der Waals surface area contributed by atoms with Crippen LogP contribution >= 0.6 is 0 Å². The number of rotatable bonds is 3. The van der Waals surface area contributed by atoms with E-state index in [0.717, 1.165) is 10.9 Å². The lowest BCUT2D eigenvalue weighted by Crippen LogP contribution is -2.40. The zero-order chi connectivity index (χ0) is 16.4. The molecule has 2 aromatic carbocycles. The van der Waals surface area contributed by atoms with Crippen LogP contribution < -0.4 is 5.32 Å². The monoisotopic (exact) mass is 312 g/mol. The summed E-state index contributed by atoms with van der Waals surface area (Å²) in [5, 5.41) is 14.3. The predicted molar refractivity (Wildman–Crippen MR) is 88.2 cm³/mol. The lowest BCUT2D eigenvalue weighted by molar-refractivity contribution is -0.141. The van der Waals surface area contributed by atoms with E-state index in [4.69, 9.17) is 5.11 Å². The van der Waals surface area contributed by atoms with Crippen LogP contribution in [0.2, 0.25) is 0 Å². The van der Waals surface area contributed by atoms with Crippen molar-refractivity contribution in [3.63, 3.8) is 0 Å². The number of aliphatic carboxylic acids is 1. The zero-order valence-corrected chi connectivity index (χ0v) is 13.0. The first-order chi connectivity index (χ1) is 11.0. The summed E-state index contributed by atoms with van der Waals surface area (Å²) in [4.78, 5) is 24.8. The molecule has 5 nitrogen and oxygen atoms in total. The van der Waals surface area contributed by atoms with Gasteiger partial charge in [-0.25, -0.2) is 4.79 Å². The molecule has 23 heavy (non-hydrogen) atoms. The maximum atomic E-state index is 12.3. The Kier molecular flexibility index (Phi) is 4.19. The molecule has 0 bridgehead atoms. The van der Waals surface area contributed by atoms with Gasteiger partial charge in [-0.1, -0.05) is 36.4 Å². The normalized spacial score (nSPS) is 18.8. The molecule has 1 fully saturated rings. The van der Waals surface area contributed by atoms with E-state index in [1.165, 1.54) is 5.39 Å². The van der Waals surface area contributed by atoms with Crippen LogP contribution in [-0.2, 0) is 4.79 Å². The average molecular weight is 312 g/mol. The maximum absolute atomic E-state index is 12.3.